The molecule has 118 valence electrons. The third-order valence-electron chi connectivity index (χ3n) is 4.50. The Labute approximate surface area is 146 Å². The van der Waals surface area contributed by atoms with E-state index in [1.165, 1.54) is 0 Å². The van der Waals surface area contributed by atoms with Crippen molar-refractivity contribution >= 4 is 23.2 Å². The van der Waals surface area contributed by atoms with Crippen LogP contribution in [0.25, 0.3) is 0 Å². The van der Waals surface area contributed by atoms with E-state index in [1.54, 1.807) is 0 Å². The van der Waals surface area contributed by atoms with Crippen LogP contribution in [-0.4, -0.2) is 5.91 Å². The van der Waals surface area contributed by atoms with E-state index in [-0.39, 0.29) is 17.9 Å². The molecule has 2 atom stereocenters. The number of amides is 1. The molecule has 1 aliphatic rings. The van der Waals surface area contributed by atoms with Gasteiger partial charge in [0.15, 0.2) is 0 Å². The molecule has 0 spiro atoms. The molecule has 0 N–H and O–H groups in total. The first kappa shape index (κ1) is 15.0. The third-order valence-corrected chi connectivity index (χ3v) is 4.75. The molecule has 3 aromatic carbocycles. The zero-order valence-electron chi connectivity index (χ0n) is 13.0. The second-order valence-electron chi connectivity index (χ2n) is 5.93. The lowest BCUT2D eigenvalue weighted by Crippen LogP contribution is -2.53. The first-order valence-corrected chi connectivity index (χ1v) is 8.32. The smallest absolute Gasteiger partial charge is 0.237 e. The molecular weight excluding hydrogens is 318 g/mol. The summed E-state index contributed by atoms with van der Waals surface area (Å²) in [4.78, 5) is 14.8. The fourth-order valence-corrected chi connectivity index (χ4v) is 3.48. The molecule has 24 heavy (non-hydrogen) atoms. The van der Waals surface area contributed by atoms with Gasteiger partial charge in [0.1, 0.15) is 0 Å². The maximum Gasteiger partial charge on any atom is 0.237 e. The Morgan fingerprint density at radius 3 is 1.92 bits per heavy atom. The van der Waals surface area contributed by atoms with Gasteiger partial charge < -0.3 is 4.90 Å². The minimum Gasteiger partial charge on any atom is -0.303 e. The molecule has 0 saturated carbocycles. The Kier molecular flexibility index (Phi) is 3.83. The van der Waals surface area contributed by atoms with Gasteiger partial charge in [-0.2, -0.15) is 0 Å². The number of hydrogen-bond acceptors (Lipinski definition) is 1. The van der Waals surface area contributed by atoms with Crippen LogP contribution in [0.2, 0.25) is 5.02 Å². The van der Waals surface area contributed by atoms with Gasteiger partial charge >= 0.3 is 0 Å². The molecule has 0 radical (unpaired) electrons. The van der Waals surface area contributed by atoms with Crippen molar-refractivity contribution in [2.45, 2.75) is 12.0 Å². The summed E-state index contributed by atoms with van der Waals surface area (Å²) in [6, 6.07) is 27.5. The number of rotatable bonds is 3. The first-order chi connectivity index (χ1) is 11.8. The summed E-state index contributed by atoms with van der Waals surface area (Å²) in [5.74, 6) is -0.0278. The van der Waals surface area contributed by atoms with Crippen molar-refractivity contribution < 1.29 is 4.79 Å². The second kappa shape index (κ2) is 6.14. The molecule has 3 aromatic rings. The molecule has 1 heterocycles. The molecular formula is C21H16ClNO. The minimum absolute atomic E-state index is 0.0143. The molecule has 0 unspecified atom stereocenters. The SMILES string of the molecule is O=C1[C@@H](c2ccccc2)[C@H](c2ccc(Cl)cc2)N1c1ccccc1. The topological polar surface area (TPSA) is 20.3 Å². The van der Waals surface area contributed by atoms with E-state index in [9.17, 15) is 4.79 Å². The maximum atomic E-state index is 12.9. The van der Waals surface area contributed by atoms with Crippen LogP contribution in [0.15, 0.2) is 84.9 Å². The molecule has 1 fully saturated rings. The van der Waals surface area contributed by atoms with Crippen LogP contribution < -0.4 is 4.90 Å². The van der Waals surface area contributed by atoms with Crippen LogP contribution in [-0.2, 0) is 4.79 Å². The zero-order valence-corrected chi connectivity index (χ0v) is 13.7. The van der Waals surface area contributed by atoms with Gasteiger partial charge in [0, 0.05) is 10.7 Å². The van der Waals surface area contributed by atoms with Crippen molar-refractivity contribution in [3.8, 4) is 0 Å². The predicted octanol–water partition coefficient (Wildman–Crippen LogP) is 5.21. The first-order valence-electron chi connectivity index (χ1n) is 7.94. The molecule has 0 bridgehead atoms. The summed E-state index contributed by atoms with van der Waals surface area (Å²) < 4.78 is 0. The molecule has 3 heteroatoms. The van der Waals surface area contributed by atoms with Crippen LogP contribution in [0, 0.1) is 0 Å². The van der Waals surface area contributed by atoms with Gasteiger partial charge in [-0.05, 0) is 35.4 Å². The molecule has 1 amide bonds. The van der Waals surface area contributed by atoms with E-state index >= 15 is 0 Å². The molecule has 0 aromatic heterocycles. The normalized spacial score (nSPS) is 19.9. The molecule has 2 nitrogen and oxygen atoms in total. The van der Waals surface area contributed by atoms with Crippen LogP contribution >= 0.6 is 11.6 Å². The van der Waals surface area contributed by atoms with E-state index in [1.807, 2.05) is 89.8 Å². The number of benzene rings is 3. The third kappa shape index (κ3) is 2.49. The quantitative estimate of drug-likeness (QED) is 0.602. The van der Waals surface area contributed by atoms with Crippen molar-refractivity contribution in [2.75, 3.05) is 4.90 Å². The average Bonchev–Trinajstić information content (AvgIpc) is 2.62. The van der Waals surface area contributed by atoms with E-state index in [2.05, 4.69) is 0 Å². The largest absolute Gasteiger partial charge is 0.303 e. The zero-order chi connectivity index (χ0) is 16.5. The van der Waals surface area contributed by atoms with Gasteiger partial charge in [0.25, 0.3) is 0 Å². The van der Waals surface area contributed by atoms with Crippen LogP contribution in [0.5, 0.6) is 0 Å². The Hall–Kier alpha value is -2.58. The summed E-state index contributed by atoms with van der Waals surface area (Å²) >= 11 is 6.03. The summed E-state index contributed by atoms with van der Waals surface area (Å²) in [7, 11) is 0. The Balaban J connectivity index is 1.78. The van der Waals surface area contributed by atoms with Crippen LogP contribution in [0.4, 0.5) is 5.69 Å². The van der Waals surface area contributed by atoms with Crippen molar-refractivity contribution in [3.63, 3.8) is 0 Å². The van der Waals surface area contributed by atoms with Gasteiger partial charge in [-0.15, -0.1) is 0 Å². The summed E-state index contributed by atoms with van der Waals surface area (Å²) in [6.45, 7) is 0. The highest BCUT2D eigenvalue weighted by Gasteiger charge is 2.49. The van der Waals surface area contributed by atoms with Crippen molar-refractivity contribution in [1.29, 1.82) is 0 Å². The minimum atomic E-state index is -0.160. The van der Waals surface area contributed by atoms with Gasteiger partial charge in [-0.3, -0.25) is 4.79 Å². The molecule has 0 aliphatic carbocycles. The van der Waals surface area contributed by atoms with Crippen molar-refractivity contribution in [1.82, 2.24) is 0 Å². The van der Waals surface area contributed by atoms with Gasteiger partial charge in [0.05, 0.1) is 12.0 Å². The maximum absolute atomic E-state index is 12.9. The number of anilines is 1. The van der Waals surface area contributed by atoms with Gasteiger partial charge in [-0.1, -0.05) is 72.3 Å². The molecule has 1 aliphatic heterocycles. The highest BCUT2D eigenvalue weighted by atomic mass is 35.5. The van der Waals surface area contributed by atoms with Gasteiger partial charge in [0.2, 0.25) is 5.91 Å². The fourth-order valence-electron chi connectivity index (χ4n) is 3.35. The number of carbonyl (C=O) groups is 1. The van der Waals surface area contributed by atoms with Crippen LogP contribution in [0.3, 0.4) is 0 Å². The molecule has 4 rings (SSSR count). The summed E-state index contributed by atoms with van der Waals surface area (Å²) in [5.41, 5.74) is 3.07. The lowest BCUT2D eigenvalue weighted by Gasteiger charge is -2.47. The summed E-state index contributed by atoms with van der Waals surface area (Å²) in [6.07, 6.45) is 0. The number of hydrogen-bond donors (Lipinski definition) is 0. The number of para-hydroxylation sites is 1. The number of carbonyl (C=O) groups excluding carboxylic acids is 1. The number of β-lactam (4-membered cyclic amide) rings is 1. The van der Waals surface area contributed by atoms with Crippen molar-refractivity contribution in [2.24, 2.45) is 0 Å². The van der Waals surface area contributed by atoms with E-state index in [0.29, 0.717) is 5.02 Å². The van der Waals surface area contributed by atoms with Crippen molar-refractivity contribution in [3.05, 3.63) is 101 Å². The van der Waals surface area contributed by atoms with Gasteiger partial charge in [-0.25, -0.2) is 0 Å². The average molecular weight is 334 g/mol. The summed E-state index contributed by atoms with van der Waals surface area (Å²) in [5, 5.41) is 0.701. The monoisotopic (exact) mass is 333 g/mol. The Morgan fingerprint density at radius 2 is 1.29 bits per heavy atom. The number of halogens is 1. The fraction of sp³-hybridized carbons (Fsp3) is 0.0952. The Morgan fingerprint density at radius 1 is 0.708 bits per heavy atom. The predicted molar refractivity (Wildman–Crippen MR) is 97.3 cm³/mol. The molecule has 1 saturated heterocycles. The van der Waals surface area contributed by atoms with E-state index in [4.69, 9.17) is 11.6 Å². The lowest BCUT2D eigenvalue weighted by atomic mass is 9.77. The lowest BCUT2D eigenvalue weighted by molar-refractivity contribution is -0.126. The van der Waals surface area contributed by atoms with E-state index < -0.39 is 0 Å². The highest BCUT2D eigenvalue weighted by Crippen LogP contribution is 2.48. The second-order valence-corrected chi connectivity index (χ2v) is 6.36. The standard InChI is InChI=1S/C21H16ClNO/c22-17-13-11-16(12-14-17)20-19(15-7-3-1-4-8-15)21(24)23(20)18-9-5-2-6-10-18/h1-14,19-20H/t19-,20-/m0/s1. The number of nitrogens with zero attached hydrogens (tertiary/aromatic N) is 1. The Bertz CT molecular complexity index is 797. The van der Waals surface area contributed by atoms with Crippen LogP contribution in [0.1, 0.15) is 23.1 Å². The highest BCUT2D eigenvalue weighted by molar-refractivity contribution is 6.30. The van der Waals surface area contributed by atoms with E-state index in [0.717, 1.165) is 16.8 Å².